The Balaban J connectivity index is 2.27. The van der Waals surface area contributed by atoms with Crippen LogP contribution in [0.3, 0.4) is 0 Å². The minimum Gasteiger partial charge on any atom is -0.508 e. The molecule has 2 rings (SSSR count). The average Bonchev–Trinajstić information content (AvgIpc) is 2.44. The van der Waals surface area contributed by atoms with E-state index in [0.29, 0.717) is 13.0 Å². The second-order valence-electron chi connectivity index (χ2n) is 4.77. The second-order valence-corrected chi connectivity index (χ2v) is 4.77. The van der Waals surface area contributed by atoms with Crippen LogP contribution in [-0.2, 0) is 9.53 Å². The Morgan fingerprint density at radius 3 is 2.45 bits per heavy atom. The van der Waals surface area contributed by atoms with Crippen LogP contribution < -0.4 is 0 Å². The molecule has 1 atom stereocenters. The number of hydrogen-bond acceptors (Lipinski definition) is 5. The first-order valence-corrected chi connectivity index (χ1v) is 6.44. The number of hydrogen-bond donors (Lipinski definition) is 2. The molecule has 20 heavy (non-hydrogen) atoms. The van der Waals surface area contributed by atoms with Crippen molar-refractivity contribution in [3.63, 3.8) is 0 Å². The van der Waals surface area contributed by atoms with Crippen LogP contribution in [0.25, 0.3) is 0 Å². The fourth-order valence-corrected chi connectivity index (χ4v) is 2.44. The van der Waals surface area contributed by atoms with Crippen molar-refractivity contribution in [2.24, 2.45) is 0 Å². The van der Waals surface area contributed by atoms with Crippen molar-refractivity contribution >= 4 is 11.9 Å². The minimum absolute atomic E-state index is 0.151. The van der Waals surface area contributed by atoms with Gasteiger partial charge in [0.15, 0.2) is 0 Å². The number of esters is 1. The second kappa shape index (κ2) is 5.81. The average molecular weight is 279 g/mol. The SMILES string of the molecule is COC(=O)[C@H]1CCCCN1C(=O)c1cc(O)cc(O)c1. The molecule has 108 valence electrons. The number of rotatable bonds is 2. The molecule has 0 radical (unpaired) electrons. The molecule has 1 aliphatic rings. The van der Waals surface area contributed by atoms with Gasteiger partial charge in [0.25, 0.3) is 5.91 Å². The van der Waals surface area contributed by atoms with E-state index in [2.05, 4.69) is 0 Å². The molecule has 0 aromatic heterocycles. The molecule has 1 heterocycles. The van der Waals surface area contributed by atoms with Gasteiger partial charge in [-0.05, 0) is 31.4 Å². The number of piperidine rings is 1. The number of likely N-dealkylation sites (tertiary alicyclic amines) is 1. The number of amides is 1. The fraction of sp³-hybridized carbons (Fsp3) is 0.429. The van der Waals surface area contributed by atoms with Crippen molar-refractivity contribution in [3.05, 3.63) is 23.8 Å². The lowest BCUT2D eigenvalue weighted by Crippen LogP contribution is -2.48. The zero-order valence-corrected chi connectivity index (χ0v) is 11.2. The maximum absolute atomic E-state index is 12.4. The maximum atomic E-state index is 12.4. The number of carbonyl (C=O) groups is 2. The number of ether oxygens (including phenoxy) is 1. The predicted octanol–water partition coefficient (Wildman–Crippen LogP) is 1.27. The molecule has 1 fully saturated rings. The van der Waals surface area contributed by atoms with Gasteiger partial charge < -0.3 is 19.8 Å². The number of benzene rings is 1. The summed E-state index contributed by atoms with van der Waals surface area (Å²) in [7, 11) is 1.29. The third kappa shape index (κ3) is 2.84. The first-order valence-electron chi connectivity index (χ1n) is 6.44. The highest BCUT2D eigenvalue weighted by atomic mass is 16.5. The van der Waals surface area contributed by atoms with Crippen molar-refractivity contribution in [2.75, 3.05) is 13.7 Å². The normalized spacial score (nSPS) is 18.6. The summed E-state index contributed by atoms with van der Waals surface area (Å²) < 4.78 is 4.72. The van der Waals surface area contributed by atoms with E-state index in [9.17, 15) is 19.8 Å². The molecule has 1 aromatic carbocycles. The van der Waals surface area contributed by atoms with Crippen molar-refractivity contribution in [1.82, 2.24) is 4.90 Å². The van der Waals surface area contributed by atoms with E-state index in [4.69, 9.17) is 4.74 Å². The molecule has 0 unspecified atom stereocenters. The third-order valence-electron chi connectivity index (χ3n) is 3.39. The number of methoxy groups -OCH3 is 1. The molecule has 6 heteroatoms. The molecule has 0 aliphatic carbocycles. The van der Waals surface area contributed by atoms with E-state index in [1.807, 2.05) is 0 Å². The quantitative estimate of drug-likeness (QED) is 0.796. The monoisotopic (exact) mass is 279 g/mol. The predicted molar refractivity (Wildman–Crippen MR) is 70.5 cm³/mol. The zero-order valence-electron chi connectivity index (χ0n) is 11.2. The summed E-state index contributed by atoms with van der Waals surface area (Å²) in [5.74, 6) is -1.23. The first kappa shape index (κ1) is 14.2. The molecular weight excluding hydrogens is 262 g/mol. The van der Waals surface area contributed by atoms with Gasteiger partial charge in [-0.15, -0.1) is 0 Å². The highest BCUT2D eigenvalue weighted by Crippen LogP contribution is 2.25. The lowest BCUT2D eigenvalue weighted by molar-refractivity contribution is -0.147. The van der Waals surface area contributed by atoms with Crippen LogP contribution in [0, 0.1) is 0 Å². The van der Waals surface area contributed by atoms with Crippen LogP contribution in [0.5, 0.6) is 11.5 Å². The Morgan fingerprint density at radius 2 is 1.85 bits per heavy atom. The Bertz CT molecular complexity index is 508. The van der Waals surface area contributed by atoms with E-state index in [1.54, 1.807) is 0 Å². The molecule has 1 saturated heterocycles. The summed E-state index contributed by atoms with van der Waals surface area (Å²) in [5.41, 5.74) is 0.151. The maximum Gasteiger partial charge on any atom is 0.328 e. The van der Waals surface area contributed by atoms with Crippen molar-refractivity contribution in [3.8, 4) is 11.5 Å². The van der Waals surface area contributed by atoms with Gasteiger partial charge in [-0.3, -0.25) is 4.79 Å². The van der Waals surface area contributed by atoms with Crippen LogP contribution in [0.1, 0.15) is 29.6 Å². The van der Waals surface area contributed by atoms with Crippen LogP contribution in [0.4, 0.5) is 0 Å². The van der Waals surface area contributed by atoms with E-state index in [1.165, 1.54) is 24.1 Å². The van der Waals surface area contributed by atoms with Crippen LogP contribution in [0.2, 0.25) is 0 Å². The molecule has 1 aliphatic heterocycles. The summed E-state index contributed by atoms with van der Waals surface area (Å²) in [4.78, 5) is 25.6. The smallest absolute Gasteiger partial charge is 0.328 e. The van der Waals surface area contributed by atoms with E-state index < -0.39 is 17.9 Å². The topological polar surface area (TPSA) is 87.1 Å². The third-order valence-corrected chi connectivity index (χ3v) is 3.39. The summed E-state index contributed by atoms with van der Waals surface area (Å²) >= 11 is 0. The Kier molecular flexibility index (Phi) is 4.12. The number of phenols is 2. The van der Waals surface area contributed by atoms with Gasteiger partial charge in [0.1, 0.15) is 17.5 Å². The number of nitrogens with zero attached hydrogens (tertiary/aromatic N) is 1. The van der Waals surface area contributed by atoms with Crippen LogP contribution in [-0.4, -0.2) is 46.7 Å². The van der Waals surface area contributed by atoms with Gasteiger partial charge >= 0.3 is 5.97 Å². The highest BCUT2D eigenvalue weighted by Gasteiger charge is 2.33. The van der Waals surface area contributed by atoms with Crippen molar-refractivity contribution < 1.29 is 24.5 Å². The molecule has 1 amide bonds. The largest absolute Gasteiger partial charge is 0.508 e. The lowest BCUT2D eigenvalue weighted by Gasteiger charge is -2.33. The highest BCUT2D eigenvalue weighted by molar-refractivity contribution is 5.97. The van der Waals surface area contributed by atoms with Gasteiger partial charge in [0.05, 0.1) is 7.11 Å². The zero-order chi connectivity index (χ0) is 14.7. The molecule has 0 spiro atoms. The molecule has 2 N–H and O–H groups in total. The van der Waals surface area contributed by atoms with E-state index in [0.717, 1.165) is 18.9 Å². The Hall–Kier alpha value is -2.24. The molecule has 1 aromatic rings. The number of phenolic OH excluding ortho intramolecular Hbond substituents is 2. The van der Waals surface area contributed by atoms with E-state index >= 15 is 0 Å². The minimum atomic E-state index is -0.606. The van der Waals surface area contributed by atoms with Gasteiger partial charge in [0.2, 0.25) is 0 Å². The molecule has 6 nitrogen and oxygen atoms in total. The van der Waals surface area contributed by atoms with Crippen molar-refractivity contribution in [1.29, 1.82) is 0 Å². The van der Waals surface area contributed by atoms with E-state index in [-0.39, 0.29) is 17.1 Å². The van der Waals surface area contributed by atoms with Crippen LogP contribution in [0.15, 0.2) is 18.2 Å². The fourth-order valence-electron chi connectivity index (χ4n) is 2.44. The Labute approximate surface area is 116 Å². The molecule has 0 bridgehead atoms. The van der Waals surface area contributed by atoms with Gasteiger partial charge in [-0.25, -0.2) is 4.79 Å². The first-order chi connectivity index (χ1) is 9.52. The van der Waals surface area contributed by atoms with Gasteiger partial charge in [0, 0.05) is 18.2 Å². The summed E-state index contributed by atoms with van der Waals surface area (Å²) in [6.45, 7) is 0.453. The lowest BCUT2D eigenvalue weighted by atomic mass is 10.0. The summed E-state index contributed by atoms with van der Waals surface area (Å²) in [5, 5.41) is 18.9. The molecule has 0 saturated carbocycles. The van der Waals surface area contributed by atoms with Crippen LogP contribution >= 0.6 is 0 Å². The summed E-state index contributed by atoms with van der Waals surface area (Å²) in [6, 6.07) is 3.08. The van der Waals surface area contributed by atoms with Gasteiger partial charge in [-0.2, -0.15) is 0 Å². The Morgan fingerprint density at radius 1 is 1.20 bits per heavy atom. The standard InChI is InChI=1S/C14H17NO5/c1-20-14(19)12-4-2-3-5-15(12)13(18)9-6-10(16)8-11(17)7-9/h6-8,12,16-17H,2-5H2,1H3/t12-/m1/s1. The number of carbonyl (C=O) groups excluding carboxylic acids is 2. The summed E-state index contributed by atoms with van der Waals surface area (Å²) in [6.07, 6.45) is 2.22. The van der Waals surface area contributed by atoms with Gasteiger partial charge in [-0.1, -0.05) is 0 Å². The van der Waals surface area contributed by atoms with Crippen molar-refractivity contribution in [2.45, 2.75) is 25.3 Å². The molecular formula is C14H17NO5. The number of aromatic hydroxyl groups is 2.